The number of hydrogen-bond acceptors (Lipinski definition) is 5. The fourth-order valence-corrected chi connectivity index (χ4v) is 4.20. The number of halogens is 3. The number of thioether (sulfide) groups is 1. The summed E-state index contributed by atoms with van der Waals surface area (Å²) in [6.45, 7) is 2.49. The van der Waals surface area contributed by atoms with Crippen molar-refractivity contribution in [2.24, 2.45) is 0 Å². The number of rotatable bonds is 12. The molecule has 0 amide bonds. The van der Waals surface area contributed by atoms with Gasteiger partial charge in [0.2, 0.25) is 0 Å². The number of hydrogen-bond donors (Lipinski definition) is 2. The van der Waals surface area contributed by atoms with E-state index in [9.17, 15) is 18.3 Å². The fourth-order valence-electron chi connectivity index (χ4n) is 3.28. The van der Waals surface area contributed by atoms with Crippen LogP contribution < -0.4 is 0 Å². The number of aliphatic hydroxyl groups excluding tert-OH is 2. The van der Waals surface area contributed by atoms with Gasteiger partial charge >= 0.3 is 0 Å². The molecule has 182 valence electrons. The minimum atomic E-state index is -0.965. The molecule has 0 aliphatic carbocycles. The smallest absolute Gasteiger partial charge is 0.159 e. The first-order valence-corrected chi connectivity index (χ1v) is 12.2. The van der Waals surface area contributed by atoms with Crippen molar-refractivity contribution in [3.8, 4) is 11.1 Å². The van der Waals surface area contributed by atoms with E-state index in [-0.39, 0.29) is 6.61 Å². The predicted molar refractivity (Wildman–Crippen MR) is 128 cm³/mol. The summed E-state index contributed by atoms with van der Waals surface area (Å²) in [5.74, 6) is -1.03. The largest absolute Gasteiger partial charge is 0.394 e. The molecule has 2 N–H and O–H groups in total. The molecular weight excluding hydrogens is 463 g/mol. The summed E-state index contributed by atoms with van der Waals surface area (Å²) in [6, 6.07) is 8.18. The van der Waals surface area contributed by atoms with Crippen LogP contribution in [0.15, 0.2) is 54.2 Å². The second kappa shape index (κ2) is 12.7. The summed E-state index contributed by atoms with van der Waals surface area (Å²) in [5.41, 5.74) is 3.38. The van der Waals surface area contributed by atoms with Crippen molar-refractivity contribution >= 4 is 11.8 Å². The van der Waals surface area contributed by atoms with E-state index >= 15 is 0 Å². The number of aliphatic hydroxyl groups is 2. The van der Waals surface area contributed by atoms with Crippen molar-refractivity contribution < 1.29 is 23.4 Å². The highest BCUT2D eigenvalue weighted by molar-refractivity contribution is 7.99. The van der Waals surface area contributed by atoms with Gasteiger partial charge in [0.15, 0.2) is 11.6 Å². The van der Waals surface area contributed by atoms with E-state index in [1.54, 1.807) is 28.6 Å². The first-order chi connectivity index (χ1) is 16.4. The molecule has 1 atom stereocenters. The zero-order valence-corrected chi connectivity index (χ0v) is 19.7. The van der Waals surface area contributed by atoms with Gasteiger partial charge in [-0.05, 0) is 61.1 Å². The number of benzene rings is 2. The molecular formula is C25H28F3N3O2S. The van der Waals surface area contributed by atoms with Gasteiger partial charge in [0, 0.05) is 24.2 Å². The Kier molecular flexibility index (Phi) is 9.74. The second-order valence-electron chi connectivity index (χ2n) is 8.08. The normalized spacial score (nSPS) is 12.8. The lowest BCUT2D eigenvalue weighted by Gasteiger charge is -2.07. The minimum Gasteiger partial charge on any atom is -0.394 e. The molecule has 34 heavy (non-hydrogen) atoms. The summed E-state index contributed by atoms with van der Waals surface area (Å²) in [6.07, 6.45) is 5.05. The highest BCUT2D eigenvalue weighted by atomic mass is 32.2. The molecule has 0 bridgehead atoms. The Morgan fingerprint density at radius 1 is 1.06 bits per heavy atom. The van der Waals surface area contributed by atoms with E-state index in [2.05, 4.69) is 16.4 Å². The van der Waals surface area contributed by atoms with Crippen LogP contribution >= 0.6 is 11.8 Å². The van der Waals surface area contributed by atoms with Crippen LogP contribution in [-0.2, 0) is 19.4 Å². The molecule has 3 aromatic rings. The molecule has 1 aromatic heterocycles. The maximum atomic E-state index is 14.6. The van der Waals surface area contributed by atoms with Gasteiger partial charge in [-0.25, -0.2) is 13.2 Å². The molecule has 3 rings (SSSR count). The van der Waals surface area contributed by atoms with Gasteiger partial charge in [0.05, 0.1) is 18.4 Å². The number of aromatic nitrogens is 3. The summed E-state index contributed by atoms with van der Waals surface area (Å²) >= 11 is 1.56. The quantitative estimate of drug-likeness (QED) is 0.287. The third kappa shape index (κ3) is 7.72. The van der Waals surface area contributed by atoms with Crippen LogP contribution in [0.3, 0.4) is 0 Å². The van der Waals surface area contributed by atoms with Gasteiger partial charge in [0.25, 0.3) is 0 Å². The standard InChI is InChI=1S/C25H28F3N3O2S/c1-17(9-11-34-16-22(33)15-32)8-10-31-14-21(29-30-31)6-4-18-2-3-19(12-24(18)27)20-5-7-23(26)25(28)13-20/h2-3,5,7,9,12-14,22,32-33H,4,6,8,10-11,15-16H2,1H3/b17-9+. The molecule has 2 aromatic carbocycles. The van der Waals surface area contributed by atoms with E-state index in [4.69, 9.17) is 5.11 Å². The third-order valence-corrected chi connectivity index (χ3v) is 6.37. The number of nitrogens with zero attached hydrogens (tertiary/aromatic N) is 3. The maximum Gasteiger partial charge on any atom is 0.159 e. The SMILES string of the molecule is C/C(=C\CSCC(O)CO)CCn1cc(CCc2ccc(-c3ccc(F)c(F)c3)cc2F)nn1. The van der Waals surface area contributed by atoms with Gasteiger partial charge in [-0.3, -0.25) is 4.68 Å². The van der Waals surface area contributed by atoms with Crippen molar-refractivity contribution in [3.05, 3.63) is 83.0 Å². The Hall–Kier alpha value is -2.62. The van der Waals surface area contributed by atoms with Crippen molar-refractivity contribution in [1.29, 1.82) is 0 Å². The van der Waals surface area contributed by atoms with Crippen molar-refractivity contribution in [3.63, 3.8) is 0 Å². The summed E-state index contributed by atoms with van der Waals surface area (Å²) < 4.78 is 42.9. The first-order valence-electron chi connectivity index (χ1n) is 11.0. The van der Waals surface area contributed by atoms with E-state index in [0.717, 1.165) is 30.0 Å². The molecule has 0 saturated carbocycles. The van der Waals surface area contributed by atoms with Gasteiger partial charge in [-0.15, -0.1) is 5.10 Å². The minimum absolute atomic E-state index is 0.223. The maximum absolute atomic E-state index is 14.6. The first kappa shape index (κ1) is 26.0. The summed E-state index contributed by atoms with van der Waals surface area (Å²) in [5, 5.41) is 26.4. The Labute approximate surface area is 201 Å². The fraction of sp³-hybridized carbons (Fsp3) is 0.360. The summed E-state index contributed by atoms with van der Waals surface area (Å²) in [4.78, 5) is 0. The highest BCUT2D eigenvalue weighted by Crippen LogP contribution is 2.24. The van der Waals surface area contributed by atoms with Gasteiger partial charge < -0.3 is 10.2 Å². The molecule has 0 spiro atoms. The number of allylic oxidation sites excluding steroid dienone is 1. The Balaban J connectivity index is 1.48. The van der Waals surface area contributed by atoms with Crippen molar-refractivity contribution in [2.45, 2.75) is 38.8 Å². The van der Waals surface area contributed by atoms with Gasteiger partial charge in [-0.2, -0.15) is 11.8 Å². The van der Waals surface area contributed by atoms with Gasteiger partial charge in [-0.1, -0.05) is 35.1 Å². The second-order valence-corrected chi connectivity index (χ2v) is 9.16. The van der Waals surface area contributed by atoms with Crippen LogP contribution in [0.4, 0.5) is 13.2 Å². The monoisotopic (exact) mass is 491 g/mol. The average molecular weight is 492 g/mol. The molecule has 0 aliphatic heterocycles. The lowest BCUT2D eigenvalue weighted by Crippen LogP contribution is -2.14. The molecule has 0 aliphatic rings. The lowest BCUT2D eigenvalue weighted by atomic mass is 10.0. The average Bonchev–Trinajstić information content (AvgIpc) is 3.29. The van der Waals surface area contributed by atoms with Crippen LogP contribution in [0.1, 0.15) is 24.6 Å². The van der Waals surface area contributed by atoms with Crippen molar-refractivity contribution in [2.75, 3.05) is 18.1 Å². The molecule has 9 heteroatoms. The van der Waals surface area contributed by atoms with E-state index in [0.29, 0.717) is 41.8 Å². The zero-order chi connectivity index (χ0) is 24.5. The van der Waals surface area contributed by atoms with Crippen LogP contribution in [0.5, 0.6) is 0 Å². The number of aryl methyl sites for hydroxylation is 3. The highest BCUT2D eigenvalue weighted by Gasteiger charge is 2.10. The third-order valence-electron chi connectivity index (χ3n) is 5.35. The Morgan fingerprint density at radius 2 is 1.79 bits per heavy atom. The zero-order valence-electron chi connectivity index (χ0n) is 18.9. The van der Waals surface area contributed by atoms with Crippen LogP contribution in [-0.4, -0.2) is 49.4 Å². The summed E-state index contributed by atoms with van der Waals surface area (Å²) in [7, 11) is 0. The van der Waals surface area contributed by atoms with Gasteiger partial charge in [0.1, 0.15) is 5.82 Å². The Morgan fingerprint density at radius 3 is 2.50 bits per heavy atom. The van der Waals surface area contributed by atoms with Crippen LogP contribution in [0, 0.1) is 17.5 Å². The molecule has 5 nitrogen and oxygen atoms in total. The Bertz CT molecular complexity index is 1120. The molecule has 0 fully saturated rings. The molecule has 1 heterocycles. The van der Waals surface area contributed by atoms with Crippen molar-refractivity contribution in [1.82, 2.24) is 15.0 Å². The molecule has 0 saturated heterocycles. The van der Waals surface area contributed by atoms with Crippen LogP contribution in [0.25, 0.3) is 11.1 Å². The molecule has 1 unspecified atom stereocenters. The van der Waals surface area contributed by atoms with E-state index < -0.39 is 23.6 Å². The topological polar surface area (TPSA) is 71.2 Å². The van der Waals surface area contributed by atoms with E-state index in [1.807, 2.05) is 13.1 Å². The lowest BCUT2D eigenvalue weighted by molar-refractivity contribution is 0.113. The van der Waals surface area contributed by atoms with E-state index in [1.165, 1.54) is 17.7 Å². The predicted octanol–water partition coefficient (Wildman–Crippen LogP) is 4.57. The molecule has 0 radical (unpaired) electrons. The van der Waals surface area contributed by atoms with Crippen LogP contribution in [0.2, 0.25) is 0 Å².